The Labute approximate surface area is 354 Å². The predicted octanol–water partition coefficient (Wildman–Crippen LogP) is 16.7. The van der Waals surface area contributed by atoms with Crippen molar-refractivity contribution in [3.63, 3.8) is 0 Å². The maximum atomic E-state index is 2.43. The summed E-state index contributed by atoms with van der Waals surface area (Å²) in [6, 6.07) is 55.6. The Morgan fingerprint density at radius 3 is 1.58 bits per heavy atom. The Morgan fingerprint density at radius 1 is 0.458 bits per heavy atom. The first-order valence-electron chi connectivity index (χ1n) is 21.2. The largest absolute Gasteiger partial charge is 0.310 e. The summed E-state index contributed by atoms with van der Waals surface area (Å²) in [5, 5.41) is 0. The van der Waals surface area contributed by atoms with Gasteiger partial charge in [0.2, 0.25) is 0 Å². The highest BCUT2D eigenvalue weighted by Gasteiger charge is 2.36. The molecular weight excluding hydrogens is 711 g/mol. The van der Waals surface area contributed by atoms with Gasteiger partial charge in [-0.2, -0.15) is 0 Å². The molecule has 1 heteroatoms. The van der Waals surface area contributed by atoms with E-state index in [2.05, 4.69) is 232 Å². The van der Waals surface area contributed by atoms with E-state index in [9.17, 15) is 0 Å². The molecule has 0 aromatic heterocycles. The molecule has 0 saturated carbocycles. The first kappa shape index (κ1) is 41.0. The van der Waals surface area contributed by atoms with Crippen molar-refractivity contribution in [3.05, 3.63) is 214 Å². The fraction of sp³-hybridized carbons (Fsp3) is 0.207. The molecule has 1 nitrogen and oxygen atoms in total. The van der Waals surface area contributed by atoms with E-state index in [-0.39, 0.29) is 5.41 Å². The third kappa shape index (κ3) is 8.53. The normalized spacial score (nSPS) is 13.0. The monoisotopic (exact) mass is 769 g/mol. The molecule has 0 heterocycles. The summed E-state index contributed by atoms with van der Waals surface area (Å²) in [5.41, 5.74) is 24.6. The standard InChI is InChI=1S/C45H47N.C13H12/c1-10-12-43-38(11-2)40-24-22-37(27-44(40)45(43,8)9)46(35-18-13-29(3)14-19-35)36-20-16-34(17-21-36)41-28-42(33(7)26-32(41)6)39-23-15-30(4)25-31(39)5;1-11-7-9-13(10-8-11)12-5-3-2-4-6-12/h10,12-28H,11H2,1-9H3;2-10H,1H3/b12-10-;. The van der Waals surface area contributed by atoms with Gasteiger partial charge in [-0.3, -0.25) is 0 Å². The lowest BCUT2D eigenvalue weighted by Gasteiger charge is -2.29. The molecule has 296 valence electrons. The molecule has 0 amide bonds. The average molecular weight is 770 g/mol. The van der Waals surface area contributed by atoms with Gasteiger partial charge in [0.05, 0.1) is 0 Å². The number of anilines is 3. The maximum Gasteiger partial charge on any atom is 0.0465 e. The molecular formula is C58H59N. The number of aryl methyl sites for hydroxylation is 6. The Hall–Kier alpha value is -6.18. The number of hydrogen-bond acceptors (Lipinski definition) is 1. The average Bonchev–Trinajstić information content (AvgIpc) is 3.44. The zero-order valence-electron chi connectivity index (χ0n) is 36.7. The van der Waals surface area contributed by atoms with Crippen LogP contribution in [0.1, 0.15) is 78.6 Å². The molecule has 0 N–H and O–H groups in total. The van der Waals surface area contributed by atoms with Crippen LogP contribution in [0, 0.1) is 41.5 Å². The maximum absolute atomic E-state index is 2.43. The van der Waals surface area contributed by atoms with Crippen molar-refractivity contribution >= 4 is 22.6 Å². The van der Waals surface area contributed by atoms with Gasteiger partial charge in [-0.05, 0) is 170 Å². The van der Waals surface area contributed by atoms with Gasteiger partial charge in [0, 0.05) is 22.5 Å². The summed E-state index contributed by atoms with van der Waals surface area (Å²) in [4.78, 5) is 2.40. The molecule has 0 saturated heterocycles. The number of benzene rings is 7. The fourth-order valence-corrected chi connectivity index (χ4v) is 8.85. The Balaban J connectivity index is 0.000000343. The van der Waals surface area contributed by atoms with E-state index in [0.29, 0.717) is 0 Å². The van der Waals surface area contributed by atoms with Crippen molar-refractivity contribution in [3.8, 4) is 33.4 Å². The molecule has 7 aromatic carbocycles. The highest BCUT2D eigenvalue weighted by atomic mass is 15.1. The van der Waals surface area contributed by atoms with Gasteiger partial charge >= 0.3 is 0 Å². The molecule has 0 unspecified atom stereocenters. The van der Waals surface area contributed by atoms with Gasteiger partial charge in [0.15, 0.2) is 0 Å². The van der Waals surface area contributed by atoms with Crippen LogP contribution in [0.2, 0.25) is 0 Å². The second-order valence-corrected chi connectivity index (χ2v) is 16.9. The minimum absolute atomic E-state index is 0.0531. The number of rotatable bonds is 8. The van der Waals surface area contributed by atoms with E-state index >= 15 is 0 Å². The molecule has 1 aliphatic rings. The molecule has 0 fully saturated rings. The van der Waals surface area contributed by atoms with Gasteiger partial charge in [-0.15, -0.1) is 0 Å². The molecule has 0 spiro atoms. The van der Waals surface area contributed by atoms with Crippen LogP contribution in [0.4, 0.5) is 17.1 Å². The van der Waals surface area contributed by atoms with Crippen LogP contribution in [0.25, 0.3) is 39.0 Å². The van der Waals surface area contributed by atoms with Gasteiger partial charge in [0.1, 0.15) is 0 Å². The summed E-state index contributed by atoms with van der Waals surface area (Å²) in [6.07, 6.45) is 5.52. The second kappa shape index (κ2) is 17.4. The number of fused-ring (bicyclic) bond motifs is 1. The van der Waals surface area contributed by atoms with Gasteiger partial charge < -0.3 is 4.90 Å². The topological polar surface area (TPSA) is 3.24 Å². The van der Waals surface area contributed by atoms with Crippen LogP contribution in [0.15, 0.2) is 169 Å². The van der Waals surface area contributed by atoms with Crippen molar-refractivity contribution in [2.75, 3.05) is 4.90 Å². The predicted molar refractivity (Wildman–Crippen MR) is 257 cm³/mol. The third-order valence-corrected chi connectivity index (χ3v) is 12.1. The first-order valence-corrected chi connectivity index (χ1v) is 21.2. The SMILES string of the molecule is C/C=C\C1=C(CC)c2ccc(N(c3ccc(C)cc3)c3ccc(-c4cc(-c5ccc(C)cc5C)c(C)cc4C)cc3)cc2C1(C)C.Cc1ccc(-c2ccccc2)cc1. The molecule has 0 bridgehead atoms. The van der Waals surface area contributed by atoms with Gasteiger partial charge in [-0.25, -0.2) is 0 Å². The van der Waals surface area contributed by atoms with Gasteiger partial charge in [-0.1, -0.05) is 159 Å². The highest BCUT2D eigenvalue weighted by Crippen LogP contribution is 2.50. The quantitative estimate of drug-likeness (QED) is 0.149. The third-order valence-electron chi connectivity index (χ3n) is 12.1. The number of hydrogen-bond donors (Lipinski definition) is 0. The molecule has 59 heavy (non-hydrogen) atoms. The lowest BCUT2D eigenvalue weighted by atomic mass is 9.80. The van der Waals surface area contributed by atoms with Crippen molar-refractivity contribution in [2.45, 2.75) is 81.1 Å². The minimum atomic E-state index is -0.0531. The number of nitrogens with zero attached hydrogens (tertiary/aromatic N) is 1. The number of allylic oxidation sites excluding steroid dienone is 4. The molecule has 8 rings (SSSR count). The second-order valence-electron chi connectivity index (χ2n) is 16.9. The molecule has 1 aliphatic carbocycles. The van der Waals surface area contributed by atoms with Gasteiger partial charge in [0.25, 0.3) is 0 Å². The molecule has 0 aliphatic heterocycles. The lowest BCUT2D eigenvalue weighted by Crippen LogP contribution is -2.17. The Morgan fingerprint density at radius 2 is 0.966 bits per heavy atom. The van der Waals surface area contributed by atoms with Crippen LogP contribution in [0.3, 0.4) is 0 Å². The summed E-state index contributed by atoms with van der Waals surface area (Å²) < 4.78 is 0. The Bertz CT molecular complexity index is 2630. The van der Waals surface area contributed by atoms with E-state index in [0.717, 1.165) is 17.8 Å². The van der Waals surface area contributed by atoms with E-state index in [1.54, 1.807) is 0 Å². The lowest BCUT2D eigenvalue weighted by molar-refractivity contribution is 0.653. The summed E-state index contributed by atoms with van der Waals surface area (Å²) in [6.45, 7) is 22.2. The van der Waals surface area contributed by atoms with Crippen molar-refractivity contribution in [2.24, 2.45) is 0 Å². The highest BCUT2D eigenvalue weighted by molar-refractivity contribution is 5.87. The Kier molecular flexibility index (Phi) is 12.1. The van der Waals surface area contributed by atoms with Crippen molar-refractivity contribution < 1.29 is 0 Å². The van der Waals surface area contributed by atoms with Crippen LogP contribution in [-0.2, 0) is 5.41 Å². The van der Waals surface area contributed by atoms with Crippen LogP contribution in [-0.4, -0.2) is 0 Å². The molecule has 7 aromatic rings. The zero-order chi connectivity index (χ0) is 41.8. The van der Waals surface area contributed by atoms with Crippen LogP contribution < -0.4 is 4.90 Å². The summed E-state index contributed by atoms with van der Waals surface area (Å²) in [5.74, 6) is 0. The zero-order valence-corrected chi connectivity index (χ0v) is 36.7. The van der Waals surface area contributed by atoms with E-state index < -0.39 is 0 Å². The van der Waals surface area contributed by atoms with E-state index in [1.165, 1.54) is 94.7 Å². The smallest absolute Gasteiger partial charge is 0.0465 e. The van der Waals surface area contributed by atoms with Crippen molar-refractivity contribution in [1.29, 1.82) is 0 Å². The fourth-order valence-electron chi connectivity index (χ4n) is 8.85. The minimum Gasteiger partial charge on any atom is -0.310 e. The van der Waals surface area contributed by atoms with E-state index in [1.807, 2.05) is 6.07 Å². The van der Waals surface area contributed by atoms with Crippen LogP contribution in [0.5, 0.6) is 0 Å². The molecule has 0 atom stereocenters. The molecule has 0 radical (unpaired) electrons. The summed E-state index contributed by atoms with van der Waals surface area (Å²) >= 11 is 0. The van der Waals surface area contributed by atoms with E-state index in [4.69, 9.17) is 0 Å². The summed E-state index contributed by atoms with van der Waals surface area (Å²) in [7, 11) is 0. The van der Waals surface area contributed by atoms with Crippen LogP contribution >= 0.6 is 0 Å². The van der Waals surface area contributed by atoms with Crippen molar-refractivity contribution in [1.82, 2.24) is 0 Å². The first-order chi connectivity index (χ1) is 28.4.